The van der Waals surface area contributed by atoms with Gasteiger partial charge in [-0.05, 0) is 55.0 Å². The number of rotatable bonds is 7. The van der Waals surface area contributed by atoms with Gasteiger partial charge in [0.25, 0.3) is 0 Å². The maximum absolute atomic E-state index is 9.39. The molecule has 5 rings (SSSR count). The molecule has 0 bridgehead atoms. The van der Waals surface area contributed by atoms with Gasteiger partial charge in [0.1, 0.15) is 11.6 Å². The van der Waals surface area contributed by atoms with Crippen LogP contribution in [0.4, 0.5) is 17.6 Å². The summed E-state index contributed by atoms with van der Waals surface area (Å²) in [4.78, 5) is 16.5. The first-order valence-corrected chi connectivity index (χ1v) is 11.8. The van der Waals surface area contributed by atoms with Crippen molar-refractivity contribution < 1.29 is 5.11 Å². The largest absolute Gasteiger partial charge is 0.392 e. The highest BCUT2D eigenvalue weighted by atomic mass is 16.3. The minimum atomic E-state index is 0.0537. The van der Waals surface area contributed by atoms with Crippen molar-refractivity contribution in [3.63, 3.8) is 0 Å². The number of nitrogens with one attached hydrogen (secondary N) is 1. The van der Waals surface area contributed by atoms with Gasteiger partial charge in [0.05, 0.1) is 12.3 Å². The van der Waals surface area contributed by atoms with Crippen molar-refractivity contribution >= 4 is 17.6 Å². The fourth-order valence-electron chi connectivity index (χ4n) is 4.48. The summed E-state index contributed by atoms with van der Waals surface area (Å²) in [6, 6.07) is 24.7. The third-order valence-corrected chi connectivity index (χ3v) is 6.12. The van der Waals surface area contributed by atoms with Crippen LogP contribution in [0.3, 0.4) is 0 Å². The van der Waals surface area contributed by atoms with E-state index < -0.39 is 0 Å². The molecule has 4 aromatic rings. The molecule has 0 fully saturated rings. The van der Waals surface area contributed by atoms with Crippen LogP contribution >= 0.6 is 0 Å². The summed E-state index contributed by atoms with van der Waals surface area (Å²) < 4.78 is 0. The molecule has 2 N–H and O–H groups in total. The number of hydrogen-bond donors (Lipinski definition) is 2. The van der Waals surface area contributed by atoms with E-state index in [-0.39, 0.29) is 12.6 Å². The van der Waals surface area contributed by atoms with Crippen LogP contribution in [0.25, 0.3) is 11.3 Å². The van der Waals surface area contributed by atoms with Crippen molar-refractivity contribution in [2.45, 2.75) is 38.8 Å². The second-order valence-electron chi connectivity index (χ2n) is 8.77. The number of aryl methyl sites for hydroxylation is 1. The van der Waals surface area contributed by atoms with E-state index in [2.05, 4.69) is 52.5 Å². The third-order valence-electron chi connectivity index (χ3n) is 6.12. The van der Waals surface area contributed by atoms with E-state index in [9.17, 15) is 5.11 Å². The molecule has 172 valence electrons. The van der Waals surface area contributed by atoms with Gasteiger partial charge in [-0.2, -0.15) is 4.98 Å². The molecular formula is C28H29N5O. The first-order valence-electron chi connectivity index (χ1n) is 11.8. The number of aliphatic hydroxyl groups excluding tert-OH is 1. The number of fused-ring (bicyclic) bond motifs is 1. The van der Waals surface area contributed by atoms with Crippen molar-refractivity contribution in [1.82, 2.24) is 15.0 Å². The van der Waals surface area contributed by atoms with Crippen LogP contribution < -0.4 is 10.2 Å². The highest BCUT2D eigenvalue weighted by Gasteiger charge is 2.22. The van der Waals surface area contributed by atoms with Gasteiger partial charge in [0.2, 0.25) is 5.95 Å². The number of aromatic nitrogens is 3. The third kappa shape index (κ3) is 4.92. The quantitative estimate of drug-likeness (QED) is 0.404. The highest BCUT2D eigenvalue weighted by molar-refractivity contribution is 5.68. The summed E-state index contributed by atoms with van der Waals surface area (Å²) >= 11 is 0. The monoisotopic (exact) mass is 451 g/mol. The predicted molar refractivity (Wildman–Crippen MR) is 136 cm³/mol. The van der Waals surface area contributed by atoms with Crippen LogP contribution in [-0.2, 0) is 19.4 Å². The van der Waals surface area contributed by atoms with Crippen molar-refractivity contribution in [3.8, 4) is 11.3 Å². The topological polar surface area (TPSA) is 74.2 Å². The molecule has 6 nitrogen and oxygen atoms in total. The van der Waals surface area contributed by atoms with Gasteiger partial charge in [0, 0.05) is 24.3 Å². The fraction of sp³-hybridized carbons (Fsp3) is 0.250. The lowest BCUT2D eigenvalue weighted by atomic mass is 10.0. The molecule has 1 unspecified atom stereocenters. The number of benzene rings is 2. The maximum atomic E-state index is 9.39. The Morgan fingerprint density at radius 3 is 2.68 bits per heavy atom. The van der Waals surface area contributed by atoms with E-state index in [1.165, 1.54) is 11.1 Å². The van der Waals surface area contributed by atoms with Crippen LogP contribution in [0.15, 0.2) is 79.0 Å². The molecule has 0 saturated heterocycles. The van der Waals surface area contributed by atoms with Crippen molar-refractivity contribution in [2.24, 2.45) is 0 Å². The van der Waals surface area contributed by atoms with Gasteiger partial charge in [0.15, 0.2) is 0 Å². The molecular weight excluding hydrogens is 422 g/mol. The first-order chi connectivity index (χ1) is 16.7. The Morgan fingerprint density at radius 2 is 1.82 bits per heavy atom. The normalized spacial score (nSPS) is 13.9. The number of anilines is 3. The van der Waals surface area contributed by atoms with Gasteiger partial charge in [-0.25, -0.2) is 9.97 Å². The van der Waals surface area contributed by atoms with E-state index in [0.29, 0.717) is 5.95 Å². The van der Waals surface area contributed by atoms with Crippen LogP contribution in [0, 0.1) is 0 Å². The molecule has 1 aliphatic heterocycles. The summed E-state index contributed by atoms with van der Waals surface area (Å²) in [6.45, 7) is 3.04. The molecule has 2 aromatic carbocycles. The lowest BCUT2D eigenvalue weighted by molar-refractivity contribution is 0.281. The molecule has 0 saturated carbocycles. The van der Waals surface area contributed by atoms with Crippen molar-refractivity contribution in [2.75, 3.05) is 16.8 Å². The van der Waals surface area contributed by atoms with Gasteiger partial charge < -0.3 is 15.3 Å². The van der Waals surface area contributed by atoms with Gasteiger partial charge in [-0.1, -0.05) is 60.7 Å². The Morgan fingerprint density at radius 1 is 0.971 bits per heavy atom. The molecule has 6 heteroatoms. The zero-order chi connectivity index (χ0) is 23.3. The van der Waals surface area contributed by atoms with E-state index >= 15 is 0 Å². The van der Waals surface area contributed by atoms with Crippen LogP contribution in [-0.4, -0.2) is 32.6 Å². The predicted octanol–water partition coefficient (Wildman–Crippen LogP) is 5.16. The average molecular weight is 452 g/mol. The summed E-state index contributed by atoms with van der Waals surface area (Å²) in [7, 11) is 0. The SMILES string of the molecule is CC(Cc1cccc(CO)c1)Nc1nccc(N2CCCc3ccc(-c4ccccc4)nc32)n1. The minimum absolute atomic E-state index is 0.0537. The summed E-state index contributed by atoms with van der Waals surface area (Å²) in [6.07, 6.45) is 4.70. The van der Waals surface area contributed by atoms with Gasteiger partial charge in [-0.15, -0.1) is 0 Å². The van der Waals surface area contributed by atoms with Gasteiger partial charge in [-0.3, -0.25) is 0 Å². The molecule has 0 spiro atoms. The Balaban J connectivity index is 1.36. The standard InChI is InChI=1S/C28H29N5O/c1-20(17-21-7-5-8-22(18-21)19-34)30-28-29-15-14-26(32-28)33-16-6-11-24-12-13-25(31-27(24)33)23-9-3-2-4-10-23/h2-5,7-10,12-15,18,20,34H,6,11,16-17,19H2,1H3,(H,29,30,32). The lowest BCUT2D eigenvalue weighted by Gasteiger charge is -2.30. The molecule has 0 amide bonds. The molecule has 34 heavy (non-hydrogen) atoms. The Hall–Kier alpha value is -3.77. The Kier molecular flexibility index (Phi) is 6.49. The maximum Gasteiger partial charge on any atom is 0.224 e. The van der Waals surface area contributed by atoms with E-state index in [4.69, 9.17) is 9.97 Å². The van der Waals surface area contributed by atoms with Crippen molar-refractivity contribution in [3.05, 3.63) is 95.7 Å². The van der Waals surface area contributed by atoms with E-state index in [0.717, 1.165) is 54.3 Å². The Labute approximate surface area is 200 Å². The minimum Gasteiger partial charge on any atom is -0.392 e. The molecule has 1 aliphatic rings. The van der Waals surface area contributed by atoms with Crippen LogP contribution in [0.5, 0.6) is 0 Å². The Bertz CT molecular complexity index is 1260. The first kappa shape index (κ1) is 22.0. The summed E-state index contributed by atoms with van der Waals surface area (Å²) in [5, 5.41) is 12.8. The van der Waals surface area contributed by atoms with Crippen LogP contribution in [0.1, 0.15) is 30.0 Å². The summed E-state index contributed by atoms with van der Waals surface area (Å²) in [5.41, 5.74) is 5.42. The fourth-order valence-corrected chi connectivity index (χ4v) is 4.48. The molecule has 2 aromatic heterocycles. The summed E-state index contributed by atoms with van der Waals surface area (Å²) in [5.74, 6) is 2.44. The number of nitrogens with zero attached hydrogens (tertiary/aromatic N) is 4. The molecule has 0 aliphatic carbocycles. The average Bonchev–Trinajstić information content (AvgIpc) is 2.88. The second-order valence-corrected chi connectivity index (χ2v) is 8.77. The number of pyridine rings is 1. The van der Waals surface area contributed by atoms with E-state index in [1.807, 2.05) is 42.5 Å². The zero-order valence-corrected chi connectivity index (χ0v) is 19.4. The lowest BCUT2D eigenvalue weighted by Crippen LogP contribution is -2.27. The zero-order valence-electron chi connectivity index (χ0n) is 19.4. The highest BCUT2D eigenvalue weighted by Crippen LogP contribution is 2.33. The number of aliphatic hydroxyl groups is 1. The molecule has 3 heterocycles. The number of hydrogen-bond acceptors (Lipinski definition) is 6. The molecule has 0 radical (unpaired) electrons. The molecule has 1 atom stereocenters. The van der Waals surface area contributed by atoms with Crippen LogP contribution in [0.2, 0.25) is 0 Å². The van der Waals surface area contributed by atoms with Gasteiger partial charge >= 0.3 is 0 Å². The van der Waals surface area contributed by atoms with Crippen molar-refractivity contribution in [1.29, 1.82) is 0 Å². The van der Waals surface area contributed by atoms with E-state index in [1.54, 1.807) is 6.20 Å². The second kappa shape index (κ2) is 10.0. The smallest absolute Gasteiger partial charge is 0.224 e.